The Balaban J connectivity index is 2.54. The zero-order valence-electron chi connectivity index (χ0n) is 12.3. The molecule has 5 nitrogen and oxygen atoms in total. The predicted molar refractivity (Wildman–Crippen MR) is 79.8 cm³/mol. The second kappa shape index (κ2) is 9.55. The largest absolute Gasteiger partial charge is 0.385 e. The van der Waals surface area contributed by atoms with E-state index in [2.05, 4.69) is 34.4 Å². The van der Waals surface area contributed by atoms with Gasteiger partial charge in [0.2, 0.25) is 0 Å². The van der Waals surface area contributed by atoms with Crippen LogP contribution in [0.25, 0.3) is 0 Å². The Morgan fingerprint density at radius 1 is 1.11 bits per heavy atom. The Labute approximate surface area is 116 Å². The summed E-state index contributed by atoms with van der Waals surface area (Å²) in [5.74, 6) is 2.72. The minimum atomic E-state index is 0.815. The molecule has 1 aromatic heterocycles. The summed E-state index contributed by atoms with van der Waals surface area (Å²) < 4.78 is 5.03. The standard InChI is InChI=1S/C14H26N4O/c1-4-8-12-17-13(15-5-2)11-14(18-12)16-9-6-7-10-19-3/h11H,4-10H2,1-3H3,(H2,15,16,17,18). The first kappa shape index (κ1) is 15.7. The van der Waals surface area contributed by atoms with E-state index in [4.69, 9.17) is 4.74 Å². The Morgan fingerprint density at radius 3 is 2.47 bits per heavy atom. The van der Waals surface area contributed by atoms with Crippen LogP contribution in [-0.4, -0.2) is 36.8 Å². The molecule has 0 atom stereocenters. The fraction of sp³-hybridized carbons (Fsp3) is 0.714. The molecule has 0 radical (unpaired) electrons. The van der Waals surface area contributed by atoms with E-state index in [-0.39, 0.29) is 0 Å². The summed E-state index contributed by atoms with van der Waals surface area (Å²) in [5, 5.41) is 6.60. The maximum absolute atomic E-state index is 5.03. The topological polar surface area (TPSA) is 59.1 Å². The van der Waals surface area contributed by atoms with Crippen LogP contribution in [0.2, 0.25) is 0 Å². The summed E-state index contributed by atoms with van der Waals surface area (Å²) in [4.78, 5) is 9.02. The van der Waals surface area contributed by atoms with Gasteiger partial charge in [-0.3, -0.25) is 0 Å². The lowest BCUT2D eigenvalue weighted by Gasteiger charge is -2.10. The molecule has 2 N–H and O–H groups in total. The molecule has 0 aliphatic heterocycles. The van der Waals surface area contributed by atoms with Crippen molar-refractivity contribution in [2.24, 2.45) is 0 Å². The monoisotopic (exact) mass is 266 g/mol. The highest BCUT2D eigenvalue weighted by molar-refractivity contribution is 5.47. The molecule has 0 fully saturated rings. The molecule has 0 aliphatic rings. The van der Waals surface area contributed by atoms with Crippen molar-refractivity contribution in [3.8, 4) is 0 Å². The molecule has 0 spiro atoms. The highest BCUT2D eigenvalue weighted by atomic mass is 16.5. The lowest BCUT2D eigenvalue weighted by atomic mass is 10.3. The highest BCUT2D eigenvalue weighted by Crippen LogP contribution is 2.12. The van der Waals surface area contributed by atoms with E-state index >= 15 is 0 Å². The lowest BCUT2D eigenvalue weighted by molar-refractivity contribution is 0.194. The summed E-state index contributed by atoms with van der Waals surface area (Å²) in [6.07, 6.45) is 4.12. The van der Waals surface area contributed by atoms with E-state index < -0.39 is 0 Å². The quantitative estimate of drug-likeness (QED) is 0.638. The minimum Gasteiger partial charge on any atom is -0.385 e. The number of aryl methyl sites for hydroxylation is 1. The molecule has 108 valence electrons. The van der Waals surface area contributed by atoms with Gasteiger partial charge in [0.05, 0.1) is 0 Å². The van der Waals surface area contributed by atoms with Crippen molar-refractivity contribution in [2.45, 2.75) is 39.5 Å². The third-order valence-corrected chi connectivity index (χ3v) is 2.69. The van der Waals surface area contributed by atoms with E-state index in [1.165, 1.54) is 0 Å². The van der Waals surface area contributed by atoms with Crippen LogP contribution in [0.15, 0.2) is 6.07 Å². The minimum absolute atomic E-state index is 0.815. The fourth-order valence-corrected chi connectivity index (χ4v) is 1.78. The molecule has 0 aromatic carbocycles. The molecule has 1 aromatic rings. The third kappa shape index (κ3) is 6.38. The molecule has 19 heavy (non-hydrogen) atoms. The molecular weight excluding hydrogens is 240 g/mol. The number of unbranched alkanes of at least 4 members (excludes halogenated alkanes) is 1. The second-order valence-corrected chi connectivity index (χ2v) is 4.46. The van der Waals surface area contributed by atoms with Crippen molar-refractivity contribution in [3.63, 3.8) is 0 Å². The number of hydrogen-bond acceptors (Lipinski definition) is 5. The maximum Gasteiger partial charge on any atom is 0.133 e. The van der Waals surface area contributed by atoms with Crippen molar-refractivity contribution in [1.82, 2.24) is 9.97 Å². The van der Waals surface area contributed by atoms with E-state index in [9.17, 15) is 0 Å². The highest BCUT2D eigenvalue weighted by Gasteiger charge is 2.03. The van der Waals surface area contributed by atoms with E-state index in [0.717, 1.165) is 62.8 Å². The molecule has 0 aliphatic carbocycles. The van der Waals surface area contributed by atoms with E-state index in [0.29, 0.717) is 0 Å². The van der Waals surface area contributed by atoms with Gasteiger partial charge in [-0.05, 0) is 26.2 Å². The van der Waals surface area contributed by atoms with E-state index in [1.54, 1.807) is 7.11 Å². The molecule has 1 rings (SSSR count). The van der Waals surface area contributed by atoms with Crippen molar-refractivity contribution in [3.05, 3.63) is 11.9 Å². The van der Waals surface area contributed by atoms with Crippen LogP contribution < -0.4 is 10.6 Å². The molecule has 0 unspecified atom stereocenters. The molecule has 0 amide bonds. The van der Waals surface area contributed by atoms with Crippen LogP contribution in [0.4, 0.5) is 11.6 Å². The Morgan fingerprint density at radius 2 is 1.84 bits per heavy atom. The Kier molecular flexibility index (Phi) is 7.89. The van der Waals surface area contributed by atoms with Gasteiger partial charge in [-0.2, -0.15) is 0 Å². The van der Waals surface area contributed by atoms with Gasteiger partial charge in [0, 0.05) is 39.3 Å². The smallest absolute Gasteiger partial charge is 0.133 e. The van der Waals surface area contributed by atoms with Gasteiger partial charge in [0.25, 0.3) is 0 Å². The second-order valence-electron chi connectivity index (χ2n) is 4.46. The predicted octanol–water partition coefficient (Wildman–Crippen LogP) is 2.70. The number of methoxy groups -OCH3 is 1. The molecule has 0 bridgehead atoms. The van der Waals surface area contributed by atoms with Crippen LogP contribution in [0, 0.1) is 0 Å². The SMILES string of the molecule is CCCc1nc(NCC)cc(NCCCCOC)n1. The van der Waals surface area contributed by atoms with Gasteiger partial charge in [-0.25, -0.2) is 9.97 Å². The van der Waals surface area contributed by atoms with Crippen LogP contribution in [0.3, 0.4) is 0 Å². The fourth-order valence-electron chi connectivity index (χ4n) is 1.78. The summed E-state index contributed by atoms with van der Waals surface area (Å²) in [7, 11) is 1.73. The van der Waals surface area contributed by atoms with Gasteiger partial charge in [-0.15, -0.1) is 0 Å². The molecule has 0 saturated carbocycles. The number of hydrogen-bond donors (Lipinski definition) is 2. The zero-order chi connectivity index (χ0) is 13.9. The first-order valence-corrected chi connectivity index (χ1v) is 7.14. The van der Waals surface area contributed by atoms with Gasteiger partial charge < -0.3 is 15.4 Å². The molecule has 0 saturated heterocycles. The third-order valence-electron chi connectivity index (χ3n) is 2.69. The average Bonchev–Trinajstić information content (AvgIpc) is 2.39. The lowest BCUT2D eigenvalue weighted by Crippen LogP contribution is -2.09. The number of aromatic nitrogens is 2. The van der Waals surface area contributed by atoms with Crippen molar-refractivity contribution in [1.29, 1.82) is 0 Å². The van der Waals surface area contributed by atoms with Gasteiger partial charge in [-0.1, -0.05) is 6.92 Å². The average molecular weight is 266 g/mol. The summed E-state index contributed by atoms with van der Waals surface area (Å²) in [6.45, 7) is 6.81. The van der Waals surface area contributed by atoms with Crippen molar-refractivity contribution < 1.29 is 4.74 Å². The van der Waals surface area contributed by atoms with Crippen molar-refractivity contribution >= 4 is 11.6 Å². The number of nitrogens with zero attached hydrogens (tertiary/aromatic N) is 2. The van der Waals surface area contributed by atoms with Gasteiger partial charge >= 0.3 is 0 Å². The normalized spacial score (nSPS) is 10.5. The number of anilines is 2. The van der Waals surface area contributed by atoms with Gasteiger partial charge in [0.1, 0.15) is 17.5 Å². The molecule has 1 heterocycles. The van der Waals surface area contributed by atoms with Crippen LogP contribution in [0.5, 0.6) is 0 Å². The number of rotatable bonds is 10. The summed E-state index contributed by atoms with van der Waals surface area (Å²) in [5.41, 5.74) is 0. The number of nitrogens with one attached hydrogen (secondary N) is 2. The Bertz CT molecular complexity index is 333. The van der Waals surface area contributed by atoms with Crippen LogP contribution in [-0.2, 0) is 11.2 Å². The zero-order valence-corrected chi connectivity index (χ0v) is 12.3. The van der Waals surface area contributed by atoms with E-state index in [1.807, 2.05) is 6.07 Å². The first-order chi connectivity index (χ1) is 9.30. The molecular formula is C14H26N4O. The van der Waals surface area contributed by atoms with Gasteiger partial charge in [0.15, 0.2) is 0 Å². The number of ether oxygens (including phenoxy) is 1. The van der Waals surface area contributed by atoms with Crippen LogP contribution in [0.1, 0.15) is 38.9 Å². The van der Waals surface area contributed by atoms with Crippen LogP contribution >= 0.6 is 0 Å². The first-order valence-electron chi connectivity index (χ1n) is 7.14. The van der Waals surface area contributed by atoms with Crippen molar-refractivity contribution in [2.75, 3.05) is 37.4 Å². The maximum atomic E-state index is 5.03. The summed E-state index contributed by atoms with van der Waals surface area (Å²) >= 11 is 0. The Hall–Kier alpha value is -1.36. The summed E-state index contributed by atoms with van der Waals surface area (Å²) in [6, 6.07) is 1.97. The molecule has 5 heteroatoms.